The van der Waals surface area contributed by atoms with Gasteiger partial charge in [0.05, 0.1) is 6.26 Å². The first kappa shape index (κ1) is 20.4. The van der Waals surface area contributed by atoms with Gasteiger partial charge in [-0.15, -0.1) is 10.2 Å². The van der Waals surface area contributed by atoms with Gasteiger partial charge in [-0.05, 0) is 50.4 Å². The zero-order valence-corrected chi connectivity index (χ0v) is 18.6. The van der Waals surface area contributed by atoms with Gasteiger partial charge in [0, 0.05) is 23.2 Å². The Kier molecular flexibility index (Phi) is 5.25. The third kappa shape index (κ3) is 4.22. The Bertz CT molecular complexity index is 999. The number of hydrogen-bond donors (Lipinski definition) is 1. The van der Waals surface area contributed by atoms with Gasteiger partial charge in [0.2, 0.25) is 16.0 Å². The molecule has 2 aromatic rings. The number of ether oxygens (including phenoxy) is 1. The molecule has 0 saturated heterocycles. The lowest BCUT2D eigenvalue weighted by Gasteiger charge is -2.44. The molecule has 0 amide bonds. The van der Waals surface area contributed by atoms with Gasteiger partial charge in [0.15, 0.2) is 5.65 Å². The number of hydrogen-bond acceptors (Lipinski definition) is 5. The van der Waals surface area contributed by atoms with Crippen molar-refractivity contribution >= 4 is 21.6 Å². The highest BCUT2D eigenvalue weighted by atomic mass is 32.2. The summed E-state index contributed by atoms with van der Waals surface area (Å²) in [5.41, 5.74) is 1.90. The van der Waals surface area contributed by atoms with Crippen LogP contribution in [0.1, 0.15) is 77.2 Å². The number of nitrogens with one attached hydrogen (secondary N) is 1. The molecule has 2 aromatic heterocycles. The van der Waals surface area contributed by atoms with Crippen molar-refractivity contribution in [1.29, 1.82) is 0 Å². The van der Waals surface area contributed by atoms with E-state index in [-0.39, 0.29) is 17.5 Å². The smallest absolute Gasteiger partial charge is 0.242 e. The van der Waals surface area contributed by atoms with Crippen LogP contribution in [0.5, 0.6) is 5.75 Å². The second-order valence-electron chi connectivity index (χ2n) is 9.16. The van der Waals surface area contributed by atoms with Crippen LogP contribution in [-0.4, -0.2) is 35.4 Å². The van der Waals surface area contributed by atoms with Crippen LogP contribution in [0.4, 0.5) is 5.95 Å². The van der Waals surface area contributed by atoms with E-state index in [1.807, 2.05) is 12.3 Å². The fraction of sp³-hybridized carbons (Fsp3) is 0.714. The summed E-state index contributed by atoms with van der Waals surface area (Å²) in [6, 6.07) is 1.93. The number of fused-ring (bicyclic) bond motifs is 1. The van der Waals surface area contributed by atoms with E-state index in [0.29, 0.717) is 17.5 Å². The quantitative estimate of drug-likeness (QED) is 0.720. The predicted molar refractivity (Wildman–Crippen MR) is 114 cm³/mol. The van der Waals surface area contributed by atoms with Gasteiger partial charge in [-0.25, -0.2) is 8.42 Å². The van der Waals surface area contributed by atoms with Crippen LogP contribution in [0.2, 0.25) is 0 Å². The molecule has 2 saturated carbocycles. The van der Waals surface area contributed by atoms with Gasteiger partial charge in [-0.2, -0.15) is 0 Å². The Hall–Kier alpha value is -1.83. The van der Waals surface area contributed by atoms with Crippen LogP contribution < -0.4 is 9.46 Å². The lowest BCUT2D eigenvalue weighted by atomic mass is 9.67. The summed E-state index contributed by atoms with van der Waals surface area (Å²) < 4.78 is 34.2. The summed E-state index contributed by atoms with van der Waals surface area (Å²) in [5, 5.41) is 8.20. The molecule has 3 atom stereocenters. The van der Waals surface area contributed by atoms with Crippen molar-refractivity contribution in [2.24, 2.45) is 11.3 Å². The minimum absolute atomic E-state index is 0.176. The maximum atomic E-state index is 11.6. The Labute approximate surface area is 173 Å². The van der Waals surface area contributed by atoms with Crippen molar-refractivity contribution in [3.63, 3.8) is 0 Å². The number of rotatable bonds is 7. The molecule has 7 nitrogen and oxygen atoms in total. The topological polar surface area (TPSA) is 85.6 Å². The van der Waals surface area contributed by atoms with Crippen molar-refractivity contribution in [2.75, 3.05) is 11.0 Å². The van der Waals surface area contributed by atoms with Crippen molar-refractivity contribution in [3.8, 4) is 5.75 Å². The van der Waals surface area contributed by atoms with Gasteiger partial charge in [-0.1, -0.05) is 27.2 Å². The van der Waals surface area contributed by atoms with E-state index in [1.54, 1.807) is 4.40 Å². The van der Waals surface area contributed by atoms with Crippen molar-refractivity contribution < 1.29 is 13.2 Å². The number of pyridine rings is 1. The SMILES string of the molecule is CC[C@H]1CCC(C)(CC)[C@H](Oc2cc3nnc(NS(C)(=O)=O)n3cc2C2CC2)C1. The normalized spacial score (nSPS) is 27.9. The third-order valence-electron chi connectivity index (χ3n) is 6.93. The first-order valence-electron chi connectivity index (χ1n) is 10.8. The molecular formula is C21H32N4O3S. The molecule has 0 aromatic carbocycles. The van der Waals surface area contributed by atoms with Gasteiger partial charge >= 0.3 is 0 Å². The maximum Gasteiger partial charge on any atom is 0.242 e. The molecule has 1 unspecified atom stereocenters. The summed E-state index contributed by atoms with van der Waals surface area (Å²) in [6.07, 6.45) is 11.4. The molecule has 2 aliphatic carbocycles. The predicted octanol–water partition coefficient (Wildman–Crippen LogP) is 4.35. The summed E-state index contributed by atoms with van der Waals surface area (Å²) >= 11 is 0. The fourth-order valence-electron chi connectivity index (χ4n) is 4.49. The maximum absolute atomic E-state index is 11.6. The molecule has 0 radical (unpaired) electrons. The first-order chi connectivity index (χ1) is 13.7. The lowest BCUT2D eigenvalue weighted by molar-refractivity contribution is -0.00523. The number of nitrogens with zero attached hydrogens (tertiary/aromatic N) is 3. The second kappa shape index (κ2) is 7.45. The number of anilines is 1. The van der Waals surface area contributed by atoms with Crippen LogP contribution in [0.3, 0.4) is 0 Å². The Morgan fingerprint density at radius 3 is 2.66 bits per heavy atom. The zero-order chi connectivity index (χ0) is 20.8. The van der Waals surface area contributed by atoms with Crippen LogP contribution in [0.25, 0.3) is 5.65 Å². The van der Waals surface area contributed by atoms with Crippen molar-refractivity contribution in [2.45, 2.75) is 77.7 Å². The zero-order valence-electron chi connectivity index (χ0n) is 17.8. The van der Waals surface area contributed by atoms with Gasteiger partial charge < -0.3 is 4.74 Å². The molecule has 1 N–H and O–H groups in total. The highest BCUT2D eigenvalue weighted by molar-refractivity contribution is 7.91. The van der Waals surface area contributed by atoms with Crippen LogP contribution in [-0.2, 0) is 10.0 Å². The number of aromatic nitrogens is 3. The average molecular weight is 421 g/mol. The van der Waals surface area contributed by atoms with E-state index in [4.69, 9.17) is 4.74 Å². The molecule has 2 fully saturated rings. The summed E-state index contributed by atoms with van der Waals surface area (Å²) in [7, 11) is -3.42. The van der Waals surface area contributed by atoms with Crippen LogP contribution in [0.15, 0.2) is 12.3 Å². The third-order valence-corrected chi connectivity index (χ3v) is 7.48. The van der Waals surface area contributed by atoms with E-state index in [0.717, 1.165) is 43.3 Å². The summed E-state index contributed by atoms with van der Waals surface area (Å²) in [5.74, 6) is 2.28. The Balaban J connectivity index is 1.70. The number of sulfonamides is 1. The highest BCUT2D eigenvalue weighted by Gasteiger charge is 2.41. The molecule has 8 heteroatoms. The van der Waals surface area contributed by atoms with Crippen LogP contribution in [0, 0.1) is 11.3 Å². The standard InChI is InChI=1S/C21H32N4O3S/c1-5-14-9-10-21(3,6-2)18(11-14)28-17-12-19-22-23-20(24-29(4,26)27)25(19)13-16(17)15-7-8-15/h12-15,18H,5-11H2,1-4H3,(H,23,24)/t14-,18+,21?/m0/s1. The molecule has 0 aliphatic heterocycles. The molecule has 4 rings (SSSR count). The second-order valence-corrected chi connectivity index (χ2v) is 10.9. The Morgan fingerprint density at radius 2 is 2.03 bits per heavy atom. The van der Waals surface area contributed by atoms with E-state index in [2.05, 4.69) is 35.7 Å². The molecule has 2 heterocycles. The molecular weight excluding hydrogens is 388 g/mol. The molecule has 2 aliphatic rings. The van der Waals surface area contributed by atoms with E-state index < -0.39 is 10.0 Å². The Morgan fingerprint density at radius 1 is 1.28 bits per heavy atom. The minimum atomic E-state index is -3.42. The highest BCUT2D eigenvalue weighted by Crippen LogP contribution is 2.48. The van der Waals surface area contributed by atoms with E-state index >= 15 is 0 Å². The van der Waals surface area contributed by atoms with Gasteiger partial charge in [-0.3, -0.25) is 9.12 Å². The van der Waals surface area contributed by atoms with Crippen molar-refractivity contribution in [1.82, 2.24) is 14.6 Å². The average Bonchev–Trinajstić information content (AvgIpc) is 3.45. The molecule has 0 spiro atoms. The lowest BCUT2D eigenvalue weighted by Crippen LogP contribution is -2.42. The molecule has 160 valence electrons. The van der Waals surface area contributed by atoms with Crippen molar-refractivity contribution in [3.05, 3.63) is 17.8 Å². The fourth-order valence-corrected chi connectivity index (χ4v) is 4.96. The van der Waals surface area contributed by atoms with Crippen LogP contribution >= 0.6 is 0 Å². The van der Waals surface area contributed by atoms with E-state index in [9.17, 15) is 8.42 Å². The minimum Gasteiger partial charge on any atom is -0.489 e. The largest absolute Gasteiger partial charge is 0.489 e. The summed E-state index contributed by atoms with van der Waals surface area (Å²) in [6.45, 7) is 6.88. The molecule has 0 bridgehead atoms. The first-order valence-corrected chi connectivity index (χ1v) is 12.6. The monoisotopic (exact) mass is 420 g/mol. The van der Waals surface area contributed by atoms with Gasteiger partial charge in [0.1, 0.15) is 11.9 Å². The summed E-state index contributed by atoms with van der Waals surface area (Å²) in [4.78, 5) is 0. The van der Waals surface area contributed by atoms with Gasteiger partial charge in [0.25, 0.3) is 0 Å². The van der Waals surface area contributed by atoms with E-state index in [1.165, 1.54) is 19.3 Å². The molecule has 29 heavy (non-hydrogen) atoms.